The van der Waals surface area contributed by atoms with Gasteiger partial charge in [-0.25, -0.2) is 0 Å². The predicted molar refractivity (Wildman–Crippen MR) is 115 cm³/mol. The molecule has 1 aliphatic rings. The van der Waals surface area contributed by atoms with Crippen LogP contribution in [0.1, 0.15) is 31.0 Å². The van der Waals surface area contributed by atoms with Crippen LogP contribution in [0.4, 0.5) is 5.69 Å². The van der Waals surface area contributed by atoms with Crippen LogP contribution < -0.4 is 15.5 Å². The first-order chi connectivity index (χ1) is 13.2. The van der Waals surface area contributed by atoms with E-state index in [1.807, 2.05) is 0 Å². The largest absolute Gasteiger partial charge is 0.370 e. The van der Waals surface area contributed by atoms with Crippen molar-refractivity contribution in [2.24, 2.45) is 0 Å². The monoisotopic (exact) mass is 384 g/mol. The van der Waals surface area contributed by atoms with Crippen LogP contribution in [0.15, 0.2) is 54.6 Å². The van der Waals surface area contributed by atoms with Gasteiger partial charge in [0.2, 0.25) is 0 Å². The van der Waals surface area contributed by atoms with Crippen molar-refractivity contribution in [2.45, 2.75) is 32.4 Å². The van der Waals surface area contributed by atoms with Gasteiger partial charge in [-0.2, -0.15) is 0 Å². The SMILES string of the molecule is CCc1ccc(NC(=S)N[C@H](C)[C@H](c2ccccc2)[NH+]2CCOCC2)cc1. The van der Waals surface area contributed by atoms with Crippen LogP contribution in [0.3, 0.4) is 0 Å². The molecule has 0 aromatic heterocycles. The zero-order valence-electron chi connectivity index (χ0n) is 16.2. The lowest BCUT2D eigenvalue weighted by Gasteiger charge is -2.35. The minimum Gasteiger partial charge on any atom is -0.370 e. The van der Waals surface area contributed by atoms with E-state index in [2.05, 4.69) is 79.1 Å². The number of anilines is 1. The van der Waals surface area contributed by atoms with Crippen molar-refractivity contribution in [3.63, 3.8) is 0 Å². The molecule has 4 nitrogen and oxygen atoms in total. The lowest BCUT2D eigenvalue weighted by atomic mass is 9.98. The van der Waals surface area contributed by atoms with E-state index in [0.29, 0.717) is 11.2 Å². The third-order valence-corrected chi connectivity index (χ3v) is 5.43. The fourth-order valence-electron chi connectivity index (χ4n) is 3.76. The number of rotatable bonds is 6. The van der Waals surface area contributed by atoms with Crippen molar-refractivity contribution >= 4 is 23.0 Å². The van der Waals surface area contributed by atoms with Crippen molar-refractivity contribution in [1.29, 1.82) is 0 Å². The van der Waals surface area contributed by atoms with Crippen molar-refractivity contribution in [3.8, 4) is 0 Å². The van der Waals surface area contributed by atoms with Crippen LogP contribution in [0.5, 0.6) is 0 Å². The zero-order valence-corrected chi connectivity index (χ0v) is 17.0. The van der Waals surface area contributed by atoms with Crippen LogP contribution in [0.25, 0.3) is 0 Å². The smallest absolute Gasteiger partial charge is 0.171 e. The first-order valence-electron chi connectivity index (χ1n) is 9.81. The van der Waals surface area contributed by atoms with Gasteiger partial charge in [-0.3, -0.25) is 0 Å². The average Bonchev–Trinajstić information content (AvgIpc) is 2.70. The summed E-state index contributed by atoms with van der Waals surface area (Å²) in [5, 5.41) is 7.50. The molecule has 1 aliphatic heterocycles. The first kappa shape index (κ1) is 19.8. The minimum atomic E-state index is 0.204. The Hall–Kier alpha value is -1.95. The summed E-state index contributed by atoms with van der Waals surface area (Å²) in [5.41, 5.74) is 3.68. The van der Waals surface area contributed by atoms with E-state index in [1.165, 1.54) is 11.1 Å². The maximum Gasteiger partial charge on any atom is 0.171 e. The van der Waals surface area contributed by atoms with Gasteiger partial charge in [0.15, 0.2) is 5.11 Å². The third kappa shape index (κ3) is 5.51. The second-order valence-electron chi connectivity index (χ2n) is 7.10. The van der Waals surface area contributed by atoms with E-state index < -0.39 is 0 Å². The Morgan fingerprint density at radius 2 is 1.74 bits per heavy atom. The van der Waals surface area contributed by atoms with Gasteiger partial charge < -0.3 is 20.3 Å². The highest BCUT2D eigenvalue weighted by molar-refractivity contribution is 7.80. The highest BCUT2D eigenvalue weighted by atomic mass is 32.1. The van der Waals surface area contributed by atoms with E-state index in [-0.39, 0.29) is 6.04 Å². The molecular formula is C22H30N3OS+. The molecule has 0 saturated carbocycles. The lowest BCUT2D eigenvalue weighted by molar-refractivity contribution is -0.940. The summed E-state index contributed by atoms with van der Waals surface area (Å²) < 4.78 is 5.57. The Morgan fingerprint density at radius 3 is 2.37 bits per heavy atom. The molecule has 0 amide bonds. The molecule has 2 aromatic rings. The highest BCUT2D eigenvalue weighted by Crippen LogP contribution is 2.15. The standard InChI is InChI=1S/C22H29N3OS/c1-3-18-9-11-20(12-10-18)24-22(27)23-17(2)21(19-7-5-4-6-8-19)25-13-15-26-16-14-25/h4-12,17,21H,3,13-16H2,1-2H3,(H2,23,24,27)/p+1/t17-,21-/m1/s1. The maximum absolute atomic E-state index is 5.59. The molecule has 1 heterocycles. The summed E-state index contributed by atoms with van der Waals surface area (Å²) >= 11 is 5.59. The van der Waals surface area contributed by atoms with Gasteiger partial charge >= 0.3 is 0 Å². The number of aryl methyl sites for hydroxylation is 1. The van der Waals surface area contributed by atoms with Gasteiger partial charge in [0, 0.05) is 11.3 Å². The molecule has 2 aromatic carbocycles. The van der Waals surface area contributed by atoms with Crippen molar-refractivity contribution in [2.75, 3.05) is 31.6 Å². The van der Waals surface area contributed by atoms with E-state index in [4.69, 9.17) is 17.0 Å². The van der Waals surface area contributed by atoms with Crippen LogP contribution in [-0.2, 0) is 11.2 Å². The van der Waals surface area contributed by atoms with Crippen LogP contribution in [0, 0.1) is 0 Å². The molecular weight excluding hydrogens is 354 g/mol. The van der Waals surface area contributed by atoms with Crippen LogP contribution in [0.2, 0.25) is 0 Å². The van der Waals surface area contributed by atoms with Crippen molar-refractivity contribution in [3.05, 3.63) is 65.7 Å². The molecule has 3 N–H and O–H groups in total. The number of morpholine rings is 1. The third-order valence-electron chi connectivity index (χ3n) is 5.21. The number of nitrogens with one attached hydrogen (secondary N) is 3. The van der Waals surface area contributed by atoms with Crippen LogP contribution in [-0.4, -0.2) is 37.5 Å². The molecule has 2 atom stereocenters. The van der Waals surface area contributed by atoms with Gasteiger partial charge in [0.1, 0.15) is 19.1 Å². The summed E-state index contributed by atoms with van der Waals surface area (Å²) in [6.07, 6.45) is 1.04. The Labute approximate surface area is 167 Å². The topological polar surface area (TPSA) is 37.7 Å². The Kier molecular flexibility index (Phi) is 7.21. The summed E-state index contributed by atoms with van der Waals surface area (Å²) in [5.74, 6) is 0. The molecule has 1 saturated heterocycles. The van der Waals surface area contributed by atoms with Gasteiger partial charge in [-0.1, -0.05) is 49.4 Å². The molecule has 0 radical (unpaired) electrons. The molecule has 27 heavy (non-hydrogen) atoms. The van der Waals surface area contributed by atoms with Crippen LogP contribution >= 0.6 is 12.2 Å². The Balaban J connectivity index is 1.67. The maximum atomic E-state index is 5.59. The average molecular weight is 385 g/mol. The summed E-state index contributed by atoms with van der Waals surface area (Å²) in [4.78, 5) is 1.54. The predicted octanol–water partition coefficient (Wildman–Crippen LogP) is 2.58. The first-order valence-corrected chi connectivity index (χ1v) is 10.2. The number of benzene rings is 2. The van der Waals surface area contributed by atoms with Gasteiger partial charge in [-0.15, -0.1) is 0 Å². The van der Waals surface area contributed by atoms with E-state index in [1.54, 1.807) is 4.90 Å². The minimum absolute atomic E-state index is 0.204. The number of ether oxygens (including phenoxy) is 1. The molecule has 1 fully saturated rings. The van der Waals surface area contributed by atoms with Gasteiger partial charge in [-0.05, 0) is 43.3 Å². The highest BCUT2D eigenvalue weighted by Gasteiger charge is 2.31. The Bertz CT molecular complexity index is 714. The fraction of sp³-hybridized carbons (Fsp3) is 0.409. The second kappa shape index (κ2) is 9.83. The van der Waals surface area contributed by atoms with Gasteiger partial charge in [0.05, 0.1) is 19.3 Å². The lowest BCUT2D eigenvalue weighted by Crippen LogP contribution is -3.15. The number of hydrogen-bond acceptors (Lipinski definition) is 2. The number of thiocarbonyl (C=S) groups is 1. The molecule has 0 bridgehead atoms. The van der Waals surface area contributed by atoms with E-state index in [9.17, 15) is 0 Å². The normalized spacial score (nSPS) is 17.1. The summed E-state index contributed by atoms with van der Waals surface area (Å²) in [6.45, 7) is 8.05. The molecule has 0 unspecified atom stereocenters. The molecule has 0 spiro atoms. The Morgan fingerprint density at radius 1 is 1.07 bits per heavy atom. The van der Waals surface area contributed by atoms with Gasteiger partial charge in [0.25, 0.3) is 0 Å². The molecule has 0 aliphatic carbocycles. The van der Waals surface area contributed by atoms with Crippen molar-refractivity contribution < 1.29 is 9.64 Å². The molecule has 3 rings (SSSR count). The molecule has 144 valence electrons. The number of quaternary nitrogens is 1. The quantitative estimate of drug-likeness (QED) is 0.670. The summed E-state index contributed by atoms with van der Waals surface area (Å²) in [6, 6.07) is 19.7. The zero-order chi connectivity index (χ0) is 19.1. The van der Waals surface area contributed by atoms with Crippen molar-refractivity contribution in [1.82, 2.24) is 5.32 Å². The molecule has 5 heteroatoms. The number of hydrogen-bond donors (Lipinski definition) is 3. The van der Waals surface area contributed by atoms with E-state index >= 15 is 0 Å². The fourth-order valence-corrected chi connectivity index (χ4v) is 4.07. The summed E-state index contributed by atoms with van der Waals surface area (Å²) in [7, 11) is 0. The van der Waals surface area contributed by atoms with E-state index in [0.717, 1.165) is 38.4 Å². The second-order valence-corrected chi connectivity index (χ2v) is 7.50.